The zero-order valence-corrected chi connectivity index (χ0v) is 16.1. The molecule has 1 N–H and O–H groups in total. The predicted octanol–water partition coefficient (Wildman–Crippen LogP) is 2.49. The second-order valence-corrected chi connectivity index (χ2v) is 6.70. The van der Waals surface area contributed by atoms with Crippen LogP contribution in [0.4, 0.5) is 5.69 Å². The van der Waals surface area contributed by atoms with E-state index in [1.54, 1.807) is 0 Å². The zero-order valence-electron chi connectivity index (χ0n) is 16.1. The van der Waals surface area contributed by atoms with Crippen molar-refractivity contribution in [2.75, 3.05) is 5.43 Å². The molecule has 0 saturated carbocycles. The second kappa shape index (κ2) is 7.24. The summed E-state index contributed by atoms with van der Waals surface area (Å²) in [7, 11) is 0. The average molecular weight is 404 g/mol. The lowest BCUT2D eigenvalue weighted by Crippen LogP contribution is -2.33. The van der Waals surface area contributed by atoms with Crippen molar-refractivity contribution in [1.82, 2.24) is 19.4 Å². The first-order valence-corrected chi connectivity index (χ1v) is 8.94. The first kappa shape index (κ1) is 19.0. The molecule has 2 aromatic heterocycles. The van der Waals surface area contributed by atoms with Crippen molar-refractivity contribution in [3.8, 4) is 5.69 Å². The van der Waals surface area contributed by atoms with Crippen molar-refractivity contribution in [1.29, 1.82) is 0 Å². The molecule has 2 heterocycles. The van der Waals surface area contributed by atoms with Crippen LogP contribution in [-0.4, -0.2) is 30.3 Å². The van der Waals surface area contributed by atoms with E-state index in [2.05, 4.69) is 15.5 Å². The standard InChI is InChI=1S/C20H16N6O4/c1-12-7-8-14(9-13(12)2)25-18-16(10-22-25)20(28)24(11-21-18)23-19(27)15-5-3-4-6-17(15)26(29)30/h3-11H,1-2H3,(H,23,27). The molecule has 0 spiro atoms. The van der Waals surface area contributed by atoms with Gasteiger partial charge in [-0.15, -0.1) is 0 Å². The van der Waals surface area contributed by atoms with Gasteiger partial charge in [0.05, 0.1) is 16.8 Å². The molecule has 0 atom stereocenters. The molecule has 10 heteroatoms. The molecule has 0 bridgehead atoms. The molecule has 4 aromatic rings. The van der Waals surface area contributed by atoms with Crippen LogP contribution in [0.2, 0.25) is 0 Å². The molecule has 4 rings (SSSR count). The molecule has 30 heavy (non-hydrogen) atoms. The smallest absolute Gasteiger partial charge is 0.267 e. The number of para-hydroxylation sites is 1. The van der Waals surface area contributed by atoms with Crippen LogP contribution in [0.5, 0.6) is 0 Å². The summed E-state index contributed by atoms with van der Waals surface area (Å²) < 4.78 is 2.42. The van der Waals surface area contributed by atoms with Gasteiger partial charge in [-0.25, -0.2) is 14.3 Å². The first-order valence-electron chi connectivity index (χ1n) is 8.94. The van der Waals surface area contributed by atoms with E-state index in [0.29, 0.717) is 5.65 Å². The van der Waals surface area contributed by atoms with Crippen LogP contribution >= 0.6 is 0 Å². The van der Waals surface area contributed by atoms with E-state index < -0.39 is 16.4 Å². The van der Waals surface area contributed by atoms with Gasteiger partial charge in [0.2, 0.25) is 0 Å². The largest absolute Gasteiger partial charge is 0.283 e. The quantitative estimate of drug-likeness (QED) is 0.411. The van der Waals surface area contributed by atoms with Crippen LogP contribution in [0.15, 0.2) is 59.8 Å². The number of hydrogen-bond acceptors (Lipinski definition) is 6. The molecule has 0 radical (unpaired) electrons. The highest BCUT2D eigenvalue weighted by atomic mass is 16.6. The van der Waals surface area contributed by atoms with E-state index in [1.165, 1.54) is 35.1 Å². The van der Waals surface area contributed by atoms with Crippen molar-refractivity contribution >= 4 is 22.6 Å². The number of carbonyl (C=O) groups excluding carboxylic acids is 1. The molecule has 150 valence electrons. The fraction of sp³-hybridized carbons (Fsp3) is 0.100. The van der Waals surface area contributed by atoms with Crippen LogP contribution in [0.1, 0.15) is 21.5 Å². The molecule has 0 aliphatic heterocycles. The normalized spacial score (nSPS) is 10.9. The number of carbonyl (C=O) groups is 1. The van der Waals surface area contributed by atoms with Gasteiger partial charge in [-0.3, -0.25) is 25.1 Å². The Morgan fingerprint density at radius 2 is 1.90 bits per heavy atom. The number of nitro benzene ring substituents is 1. The van der Waals surface area contributed by atoms with Gasteiger partial charge in [0.25, 0.3) is 17.2 Å². The fourth-order valence-corrected chi connectivity index (χ4v) is 3.03. The van der Waals surface area contributed by atoms with E-state index in [0.717, 1.165) is 27.8 Å². The van der Waals surface area contributed by atoms with E-state index in [4.69, 9.17) is 0 Å². The Bertz CT molecular complexity index is 1370. The molecule has 0 aliphatic rings. The minimum absolute atomic E-state index is 0.166. The van der Waals surface area contributed by atoms with Gasteiger partial charge in [0, 0.05) is 6.07 Å². The predicted molar refractivity (Wildman–Crippen MR) is 109 cm³/mol. The number of aryl methyl sites for hydroxylation is 2. The summed E-state index contributed by atoms with van der Waals surface area (Å²) in [6.07, 6.45) is 2.52. The lowest BCUT2D eigenvalue weighted by Gasteiger charge is -2.09. The number of benzene rings is 2. The zero-order chi connectivity index (χ0) is 21.4. The van der Waals surface area contributed by atoms with Crippen molar-refractivity contribution in [2.45, 2.75) is 13.8 Å². The highest BCUT2D eigenvalue weighted by molar-refractivity contribution is 6.03. The van der Waals surface area contributed by atoms with E-state index >= 15 is 0 Å². The Kier molecular flexibility index (Phi) is 4.59. The lowest BCUT2D eigenvalue weighted by molar-refractivity contribution is -0.385. The summed E-state index contributed by atoms with van der Waals surface area (Å²) in [5.74, 6) is -0.799. The molecule has 0 saturated heterocycles. The Hall–Kier alpha value is -4.34. The van der Waals surface area contributed by atoms with E-state index in [-0.39, 0.29) is 16.6 Å². The highest BCUT2D eigenvalue weighted by Gasteiger charge is 2.20. The summed E-state index contributed by atoms with van der Waals surface area (Å²) in [4.78, 5) is 40.0. The summed E-state index contributed by atoms with van der Waals surface area (Å²) in [5, 5.41) is 15.6. The maximum absolute atomic E-state index is 12.8. The third-order valence-corrected chi connectivity index (χ3v) is 4.79. The van der Waals surface area contributed by atoms with Gasteiger partial charge < -0.3 is 0 Å². The number of nitrogens with one attached hydrogen (secondary N) is 1. The Morgan fingerprint density at radius 1 is 1.13 bits per heavy atom. The summed E-state index contributed by atoms with van der Waals surface area (Å²) in [6, 6.07) is 11.2. The molecular formula is C20H16N6O4. The molecule has 10 nitrogen and oxygen atoms in total. The molecule has 0 aliphatic carbocycles. The maximum atomic E-state index is 12.8. The Morgan fingerprint density at radius 3 is 2.63 bits per heavy atom. The van der Waals surface area contributed by atoms with E-state index in [9.17, 15) is 19.7 Å². The maximum Gasteiger partial charge on any atom is 0.283 e. The summed E-state index contributed by atoms with van der Waals surface area (Å²) in [6.45, 7) is 3.97. The SMILES string of the molecule is Cc1ccc(-n2ncc3c(=O)n(NC(=O)c4ccccc4[N+](=O)[O-])cnc32)cc1C. The van der Waals surface area contributed by atoms with Crippen molar-refractivity contribution < 1.29 is 9.72 Å². The number of rotatable bonds is 4. The summed E-state index contributed by atoms with van der Waals surface area (Å²) in [5.41, 5.74) is 4.54. The topological polar surface area (TPSA) is 125 Å². The van der Waals surface area contributed by atoms with Crippen LogP contribution in [0.3, 0.4) is 0 Å². The van der Waals surface area contributed by atoms with Gasteiger partial charge in [0.1, 0.15) is 17.3 Å². The minimum atomic E-state index is -0.799. The number of nitrogens with zero attached hydrogens (tertiary/aromatic N) is 5. The number of nitro groups is 1. The van der Waals surface area contributed by atoms with Crippen molar-refractivity contribution in [2.24, 2.45) is 0 Å². The molecule has 2 aromatic carbocycles. The van der Waals surface area contributed by atoms with Gasteiger partial charge in [0.15, 0.2) is 5.65 Å². The monoisotopic (exact) mass is 404 g/mol. The molecule has 0 fully saturated rings. The lowest BCUT2D eigenvalue weighted by atomic mass is 10.1. The van der Waals surface area contributed by atoms with Crippen molar-refractivity contribution in [3.05, 3.63) is 92.1 Å². The molecule has 1 amide bonds. The Labute approximate surface area is 169 Å². The van der Waals surface area contributed by atoms with Gasteiger partial charge in [-0.1, -0.05) is 18.2 Å². The fourth-order valence-electron chi connectivity index (χ4n) is 3.03. The van der Waals surface area contributed by atoms with Gasteiger partial charge in [-0.05, 0) is 43.2 Å². The first-order chi connectivity index (χ1) is 14.4. The Balaban J connectivity index is 1.72. The van der Waals surface area contributed by atoms with E-state index in [1.807, 2.05) is 32.0 Å². The number of amides is 1. The number of fused-ring (bicyclic) bond motifs is 1. The third-order valence-electron chi connectivity index (χ3n) is 4.79. The average Bonchev–Trinajstić information content (AvgIpc) is 3.17. The molecular weight excluding hydrogens is 388 g/mol. The highest BCUT2D eigenvalue weighted by Crippen LogP contribution is 2.18. The summed E-state index contributed by atoms with van der Waals surface area (Å²) >= 11 is 0. The van der Waals surface area contributed by atoms with Crippen LogP contribution in [0, 0.1) is 24.0 Å². The van der Waals surface area contributed by atoms with Gasteiger partial charge >= 0.3 is 0 Å². The van der Waals surface area contributed by atoms with Gasteiger partial charge in [-0.2, -0.15) is 5.10 Å². The second-order valence-electron chi connectivity index (χ2n) is 6.70. The third kappa shape index (κ3) is 3.20. The minimum Gasteiger partial charge on any atom is -0.267 e. The van der Waals surface area contributed by atoms with Crippen molar-refractivity contribution in [3.63, 3.8) is 0 Å². The van der Waals surface area contributed by atoms with Crippen LogP contribution in [-0.2, 0) is 0 Å². The molecule has 0 unspecified atom stereocenters. The van der Waals surface area contributed by atoms with Crippen LogP contribution < -0.4 is 11.0 Å². The number of aromatic nitrogens is 4. The number of hydrogen-bond donors (Lipinski definition) is 1. The van der Waals surface area contributed by atoms with Crippen LogP contribution in [0.25, 0.3) is 16.7 Å².